The minimum atomic E-state index is -0.358. The number of pyridine rings is 1. The molecule has 0 spiro atoms. The highest BCUT2D eigenvalue weighted by molar-refractivity contribution is 6.32. The number of rotatable bonds is 2. The van der Waals surface area contributed by atoms with Gasteiger partial charge in [-0.3, -0.25) is 0 Å². The summed E-state index contributed by atoms with van der Waals surface area (Å²) in [7, 11) is 0. The molecule has 26 heavy (non-hydrogen) atoms. The van der Waals surface area contributed by atoms with Crippen LogP contribution in [0.1, 0.15) is 26.0 Å². The third-order valence-electron chi connectivity index (χ3n) is 4.93. The first-order valence-corrected chi connectivity index (χ1v) is 9.14. The number of aryl methyl sites for hydroxylation is 1. The predicted molar refractivity (Wildman–Crippen MR) is 105 cm³/mol. The second-order valence-electron chi connectivity index (χ2n) is 7.66. The number of hydrogen-bond acceptors (Lipinski definition) is 4. The highest BCUT2D eigenvalue weighted by Gasteiger charge is 2.31. The fraction of sp³-hybridized carbons (Fsp3) is 0.350. The lowest BCUT2D eigenvalue weighted by atomic mass is 9.93. The molecule has 0 bridgehead atoms. The van der Waals surface area contributed by atoms with Crippen molar-refractivity contribution >= 4 is 28.5 Å². The Hall–Kier alpha value is -2.40. The highest BCUT2D eigenvalue weighted by atomic mass is 35.5. The second-order valence-corrected chi connectivity index (χ2v) is 8.07. The lowest BCUT2D eigenvalue weighted by Crippen LogP contribution is -2.30. The van der Waals surface area contributed by atoms with Crippen LogP contribution < -0.4 is 10.6 Å². The van der Waals surface area contributed by atoms with Crippen molar-refractivity contribution in [3.05, 3.63) is 57.6 Å². The SMILES string of the molecule is Cc1ccc2c(N3CCC(C)(C)C3)nc(=O)n(-c3ccccc3Cl)c2n1. The van der Waals surface area contributed by atoms with E-state index in [0.29, 0.717) is 22.2 Å². The number of halogens is 1. The highest BCUT2D eigenvalue weighted by Crippen LogP contribution is 2.34. The van der Waals surface area contributed by atoms with Crippen molar-refractivity contribution in [2.45, 2.75) is 27.2 Å². The molecule has 1 aliphatic rings. The summed E-state index contributed by atoms with van der Waals surface area (Å²) in [6, 6.07) is 11.2. The van der Waals surface area contributed by atoms with Gasteiger partial charge in [0.05, 0.1) is 16.1 Å². The average Bonchev–Trinajstić information content (AvgIpc) is 2.95. The van der Waals surface area contributed by atoms with E-state index >= 15 is 0 Å². The molecule has 0 N–H and O–H groups in total. The van der Waals surface area contributed by atoms with Gasteiger partial charge in [0.2, 0.25) is 0 Å². The molecule has 1 saturated heterocycles. The fourth-order valence-electron chi connectivity index (χ4n) is 3.56. The summed E-state index contributed by atoms with van der Waals surface area (Å²) in [5.41, 5.74) is 1.89. The minimum absolute atomic E-state index is 0.212. The van der Waals surface area contributed by atoms with Gasteiger partial charge in [-0.2, -0.15) is 4.98 Å². The van der Waals surface area contributed by atoms with Crippen LogP contribution in [0, 0.1) is 12.3 Å². The van der Waals surface area contributed by atoms with Gasteiger partial charge in [0.1, 0.15) is 5.82 Å². The summed E-state index contributed by atoms with van der Waals surface area (Å²) < 4.78 is 1.51. The Morgan fingerprint density at radius 3 is 2.58 bits per heavy atom. The zero-order chi connectivity index (χ0) is 18.5. The van der Waals surface area contributed by atoms with Gasteiger partial charge in [-0.15, -0.1) is 0 Å². The Kier molecular flexibility index (Phi) is 3.99. The van der Waals surface area contributed by atoms with E-state index in [1.165, 1.54) is 4.57 Å². The van der Waals surface area contributed by atoms with Crippen LogP contribution in [0.4, 0.5) is 5.82 Å². The van der Waals surface area contributed by atoms with E-state index < -0.39 is 0 Å². The number of hydrogen-bond donors (Lipinski definition) is 0. The number of nitrogens with zero attached hydrogens (tertiary/aromatic N) is 4. The molecule has 4 rings (SSSR count). The first-order chi connectivity index (χ1) is 12.4. The molecular formula is C20H21ClN4O. The van der Waals surface area contributed by atoms with Gasteiger partial charge in [0.25, 0.3) is 0 Å². The molecule has 2 aromatic heterocycles. The number of anilines is 1. The van der Waals surface area contributed by atoms with Gasteiger partial charge in [-0.25, -0.2) is 14.3 Å². The van der Waals surface area contributed by atoms with Crippen molar-refractivity contribution in [1.29, 1.82) is 0 Å². The largest absolute Gasteiger partial charge is 0.355 e. The van der Waals surface area contributed by atoms with E-state index in [4.69, 9.17) is 11.6 Å². The molecule has 3 aromatic rings. The summed E-state index contributed by atoms with van der Waals surface area (Å²) in [4.78, 5) is 24.2. The van der Waals surface area contributed by atoms with Crippen molar-refractivity contribution in [3.63, 3.8) is 0 Å². The Bertz CT molecular complexity index is 1060. The quantitative estimate of drug-likeness (QED) is 0.686. The molecule has 0 saturated carbocycles. The molecule has 1 aliphatic heterocycles. The van der Waals surface area contributed by atoms with Crippen LogP contribution in [0.3, 0.4) is 0 Å². The molecule has 1 aromatic carbocycles. The molecule has 3 heterocycles. The van der Waals surface area contributed by atoms with Gasteiger partial charge in [-0.05, 0) is 43.0 Å². The van der Waals surface area contributed by atoms with Crippen molar-refractivity contribution in [2.24, 2.45) is 5.41 Å². The maximum Gasteiger partial charge on any atom is 0.355 e. The van der Waals surface area contributed by atoms with E-state index in [9.17, 15) is 4.79 Å². The maximum absolute atomic E-state index is 13.0. The molecule has 134 valence electrons. The summed E-state index contributed by atoms with van der Waals surface area (Å²) in [5, 5.41) is 1.36. The van der Waals surface area contributed by atoms with Crippen LogP contribution >= 0.6 is 11.6 Å². The summed E-state index contributed by atoms with van der Waals surface area (Å²) in [5.74, 6) is 0.714. The molecule has 5 nitrogen and oxygen atoms in total. The Balaban J connectivity index is 2.00. The van der Waals surface area contributed by atoms with E-state index in [1.54, 1.807) is 6.07 Å². The van der Waals surface area contributed by atoms with Gasteiger partial charge in [0, 0.05) is 18.8 Å². The normalized spacial score (nSPS) is 16.4. The second kappa shape index (κ2) is 6.09. The summed E-state index contributed by atoms with van der Waals surface area (Å²) in [6.07, 6.45) is 1.07. The van der Waals surface area contributed by atoms with E-state index in [-0.39, 0.29) is 11.1 Å². The van der Waals surface area contributed by atoms with Crippen LogP contribution in [0.5, 0.6) is 0 Å². The minimum Gasteiger partial charge on any atom is -0.355 e. The monoisotopic (exact) mass is 368 g/mol. The third kappa shape index (κ3) is 2.86. The van der Waals surface area contributed by atoms with E-state index in [1.807, 2.05) is 37.3 Å². The molecule has 0 radical (unpaired) electrons. The fourth-order valence-corrected chi connectivity index (χ4v) is 3.78. The lowest BCUT2D eigenvalue weighted by Gasteiger charge is -2.22. The zero-order valence-electron chi connectivity index (χ0n) is 15.2. The van der Waals surface area contributed by atoms with Crippen LogP contribution in [-0.4, -0.2) is 27.6 Å². The summed E-state index contributed by atoms with van der Waals surface area (Å²) in [6.45, 7) is 8.15. The molecule has 6 heteroatoms. The predicted octanol–water partition coefficient (Wildman–Crippen LogP) is 3.98. The Labute approximate surface area is 157 Å². The average molecular weight is 369 g/mol. The number of benzene rings is 1. The Morgan fingerprint density at radius 2 is 1.88 bits per heavy atom. The van der Waals surface area contributed by atoms with Crippen molar-refractivity contribution < 1.29 is 0 Å². The van der Waals surface area contributed by atoms with Crippen molar-refractivity contribution in [1.82, 2.24) is 14.5 Å². The van der Waals surface area contributed by atoms with Crippen LogP contribution in [0.2, 0.25) is 5.02 Å². The number of aromatic nitrogens is 3. The molecule has 0 aliphatic carbocycles. The summed E-state index contributed by atoms with van der Waals surface area (Å²) >= 11 is 6.35. The first-order valence-electron chi connectivity index (χ1n) is 8.76. The van der Waals surface area contributed by atoms with E-state index in [2.05, 4.69) is 28.7 Å². The van der Waals surface area contributed by atoms with Crippen LogP contribution in [-0.2, 0) is 0 Å². The van der Waals surface area contributed by atoms with E-state index in [0.717, 1.165) is 30.6 Å². The number of fused-ring (bicyclic) bond motifs is 1. The topological polar surface area (TPSA) is 51.0 Å². The maximum atomic E-state index is 13.0. The van der Waals surface area contributed by atoms with Crippen LogP contribution in [0.15, 0.2) is 41.2 Å². The molecule has 1 fully saturated rings. The van der Waals surface area contributed by atoms with Crippen molar-refractivity contribution in [2.75, 3.05) is 18.0 Å². The molecule has 0 unspecified atom stereocenters. The van der Waals surface area contributed by atoms with Gasteiger partial charge < -0.3 is 4.90 Å². The van der Waals surface area contributed by atoms with Gasteiger partial charge in [-0.1, -0.05) is 37.6 Å². The Morgan fingerprint density at radius 1 is 1.12 bits per heavy atom. The van der Waals surface area contributed by atoms with Crippen molar-refractivity contribution in [3.8, 4) is 5.69 Å². The molecule has 0 atom stereocenters. The van der Waals surface area contributed by atoms with Crippen LogP contribution in [0.25, 0.3) is 16.7 Å². The zero-order valence-corrected chi connectivity index (χ0v) is 15.9. The number of para-hydroxylation sites is 1. The standard InChI is InChI=1S/C20H21ClN4O/c1-13-8-9-14-17(24-11-10-20(2,3)12-24)23-19(26)25(18(14)22-13)16-7-5-4-6-15(16)21/h4-9H,10-12H2,1-3H3. The lowest BCUT2D eigenvalue weighted by molar-refractivity contribution is 0.418. The van der Waals surface area contributed by atoms with Gasteiger partial charge in [0.15, 0.2) is 5.65 Å². The first kappa shape index (κ1) is 17.0. The van der Waals surface area contributed by atoms with Gasteiger partial charge >= 0.3 is 5.69 Å². The molecular weight excluding hydrogens is 348 g/mol. The smallest absolute Gasteiger partial charge is 0.355 e. The third-order valence-corrected chi connectivity index (χ3v) is 5.25. The molecule has 0 amide bonds.